The lowest BCUT2D eigenvalue weighted by Gasteiger charge is -2.16. The second kappa shape index (κ2) is 4.39. The maximum Gasteiger partial charge on any atom is 0.416 e. The van der Waals surface area contributed by atoms with Gasteiger partial charge in [0.1, 0.15) is 0 Å². The third-order valence-corrected chi connectivity index (χ3v) is 2.20. The Kier molecular flexibility index (Phi) is 3.55. The lowest BCUT2D eigenvalue weighted by atomic mass is 10.0. The van der Waals surface area contributed by atoms with Gasteiger partial charge in [-0.05, 0) is 12.1 Å². The van der Waals surface area contributed by atoms with Gasteiger partial charge in [-0.2, -0.15) is 13.2 Å². The molecule has 5 heteroatoms. The molecular formula is C11H11F5. The van der Waals surface area contributed by atoms with Gasteiger partial charge >= 0.3 is 6.18 Å². The average molecular weight is 238 g/mol. The fraction of sp³-hybridized carbons (Fsp3) is 0.455. The summed E-state index contributed by atoms with van der Waals surface area (Å²) in [5, 5.41) is 0. The summed E-state index contributed by atoms with van der Waals surface area (Å²) in [6, 6.07) is 3.02. The van der Waals surface area contributed by atoms with E-state index >= 15 is 0 Å². The zero-order chi connectivity index (χ0) is 12.4. The van der Waals surface area contributed by atoms with E-state index in [4.69, 9.17) is 0 Å². The minimum absolute atomic E-state index is 0.272. The van der Waals surface area contributed by atoms with Crippen LogP contribution in [0.1, 0.15) is 30.9 Å². The zero-order valence-electron chi connectivity index (χ0n) is 8.61. The van der Waals surface area contributed by atoms with Crippen molar-refractivity contribution >= 4 is 0 Å². The van der Waals surface area contributed by atoms with E-state index < -0.39 is 17.7 Å². The Morgan fingerprint density at radius 3 is 1.69 bits per heavy atom. The summed E-state index contributed by atoms with van der Waals surface area (Å²) in [4.78, 5) is 0. The molecule has 0 aliphatic heterocycles. The molecule has 90 valence electrons. The van der Waals surface area contributed by atoms with Gasteiger partial charge in [0.25, 0.3) is 5.92 Å². The van der Waals surface area contributed by atoms with Gasteiger partial charge in [0.2, 0.25) is 0 Å². The van der Waals surface area contributed by atoms with Crippen LogP contribution in [0.3, 0.4) is 0 Å². The van der Waals surface area contributed by atoms with Crippen LogP contribution >= 0.6 is 0 Å². The van der Waals surface area contributed by atoms with Crippen LogP contribution in [0.15, 0.2) is 24.3 Å². The molecule has 0 bridgehead atoms. The molecule has 0 spiro atoms. The van der Waals surface area contributed by atoms with Crippen LogP contribution in [0.5, 0.6) is 0 Å². The summed E-state index contributed by atoms with van der Waals surface area (Å²) in [5.41, 5.74) is -1.29. The molecule has 1 aromatic rings. The predicted molar refractivity (Wildman–Crippen MR) is 50.2 cm³/mol. The Hall–Kier alpha value is -1.13. The van der Waals surface area contributed by atoms with E-state index in [9.17, 15) is 22.0 Å². The molecule has 1 rings (SSSR count). The summed E-state index contributed by atoms with van der Waals surface area (Å²) < 4.78 is 63.1. The van der Waals surface area contributed by atoms with Crippen molar-refractivity contribution in [2.24, 2.45) is 0 Å². The largest absolute Gasteiger partial charge is 0.416 e. The molecule has 0 nitrogen and oxygen atoms in total. The summed E-state index contributed by atoms with van der Waals surface area (Å²) in [6.07, 6.45) is -4.58. The van der Waals surface area contributed by atoms with E-state index in [1.54, 1.807) is 6.92 Å². The Bertz CT molecular complexity index is 336. The first-order valence-electron chi connectivity index (χ1n) is 4.83. The van der Waals surface area contributed by atoms with Crippen LogP contribution < -0.4 is 0 Å². The van der Waals surface area contributed by atoms with Crippen LogP contribution in [0, 0.1) is 0 Å². The Morgan fingerprint density at radius 2 is 1.31 bits per heavy atom. The van der Waals surface area contributed by atoms with Crippen molar-refractivity contribution in [2.75, 3.05) is 0 Å². The monoisotopic (exact) mass is 238 g/mol. The fourth-order valence-electron chi connectivity index (χ4n) is 1.36. The van der Waals surface area contributed by atoms with E-state index in [-0.39, 0.29) is 18.4 Å². The number of hydrogen-bond acceptors (Lipinski definition) is 0. The third kappa shape index (κ3) is 2.93. The Labute approximate surface area is 90.1 Å². The lowest BCUT2D eigenvalue weighted by molar-refractivity contribution is -0.137. The van der Waals surface area contributed by atoms with Gasteiger partial charge in [-0.1, -0.05) is 25.5 Å². The Morgan fingerprint density at radius 1 is 0.875 bits per heavy atom. The highest BCUT2D eigenvalue weighted by Crippen LogP contribution is 2.35. The van der Waals surface area contributed by atoms with E-state index in [0.29, 0.717) is 12.1 Å². The SMILES string of the molecule is CCCC(F)(F)c1ccc(C(F)(F)F)cc1. The second-order valence-corrected chi connectivity index (χ2v) is 3.53. The van der Waals surface area contributed by atoms with Crippen LogP contribution in [-0.4, -0.2) is 0 Å². The standard InChI is InChI=1S/C11H11F5/c1-2-7-10(12,13)8-3-5-9(6-4-8)11(14,15)16/h3-6H,2,7H2,1H3. The van der Waals surface area contributed by atoms with Gasteiger partial charge in [0, 0.05) is 12.0 Å². The first kappa shape index (κ1) is 12.9. The highest BCUT2D eigenvalue weighted by atomic mass is 19.4. The first-order chi connectivity index (χ1) is 7.27. The fourth-order valence-corrected chi connectivity index (χ4v) is 1.36. The Balaban J connectivity index is 2.95. The molecule has 0 atom stereocenters. The van der Waals surface area contributed by atoms with Crippen molar-refractivity contribution in [1.82, 2.24) is 0 Å². The number of hydrogen-bond donors (Lipinski definition) is 0. The minimum atomic E-state index is -4.49. The van der Waals surface area contributed by atoms with Gasteiger partial charge in [0.05, 0.1) is 5.56 Å². The summed E-state index contributed by atoms with van der Waals surface area (Å²) in [7, 11) is 0. The van der Waals surface area contributed by atoms with Crippen molar-refractivity contribution in [3.8, 4) is 0 Å². The number of alkyl halides is 5. The number of halogens is 5. The molecule has 16 heavy (non-hydrogen) atoms. The molecule has 0 amide bonds. The number of rotatable bonds is 3. The van der Waals surface area contributed by atoms with Crippen molar-refractivity contribution in [2.45, 2.75) is 31.9 Å². The summed E-state index contributed by atoms with van der Waals surface area (Å²) in [5.74, 6) is -3.06. The molecule has 0 radical (unpaired) electrons. The van der Waals surface area contributed by atoms with Gasteiger partial charge in [-0.15, -0.1) is 0 Å². The second-order valence-electron chi connectivity index (χ2n) is 3.53. The maximum absolute atomic E-state index is 13.3. The van der Waals surface area contributed by atoms with Gasteiger partial charge < -0.3 is 0 Å². The van der Waals surface area contributed by atoms with Crippen LogP contribution in [0.25, 0.3) is 0 Å². The van der Waals surface area contributed by atoms with Crippen LogP contribution in [0.4, 0.5) is 22.0 Å². The minimum Gasteiger partial charge on any atom is -0.201 e. The predicted octanol–water partition coefficient (Wildman–Crippen LogP) is 4.60. The summed E-state index contributed by atoms with van der Waals surface area (Å²) in [6.45, 7) is 1.60. The molecule has 1 aromatic carbocycles. The molecule has 0 heterocycles. The van der Waals surface area contributed by atoms with Gasteiger partial charge in [-0.3, -0.25) is 0 Å². The molecule has 0 aliphatic rings. The van der Waals surface area contributed by atoms with Crippen LogP contribution in [-0.2, 0) is 12.1 Å². The topological polar surface area (TPSA) is 0 Å². The van der Waals surface area contributed by atoms with E-state index in [1.807, 2.05) is 0 Å². The highest BCUT2D eigenvalue weighted by molar-refractivity contribution is 5.27. The highest BCUT2D eigenvalue weighted by Gasteiger charge is 2.33. The normalized spacial score (nSPS) is 12.9. The smallest absolute Gasteiger partial charge is 0.201 e. The maximum atomic E-state index is 13.3. The molecule has 0 saturated heterocycles. The molecule has 0 saturated carbocycles. The van der Waals surface area contributed by atoms with Gasteiger partial charge in [0.15, 0.2) is 0 Å². The quantitative estimate of drug-likeness (QED) is 0.675. The van der Waals surface area contributed by atoms with E-state index in [1.165, 1.54) is 0 Å². The average Bonchev–Trinajstić information content (AvgIpc) is 2.16. The zero-order valence-corrected chi connectivity index (χ0v) is 8.61. The molecule has 0 aliphatic carbocycles. The lowest BCUT2D eigenvalue weighted by Crippen LogP contribution is -2.13. The van der Waals surface area contributed by atoms with Crippen molar-refractivity contribution < 1.29 is 22.0 Å². The van der Waals surface area contributed by atoms with Crippen molar-refractivity contribution in [3.05, 3.63) is 35.4 Å². The van der Waals surface area contributed by atoms with Crippen LogP contribution in [0.2, 0.25) is 0 Å². The molecule has 0 fully saturated rings. The van der Waals surface area contributed by atoms with E-state index in [2.05, 4.69) is 0 Å². The van der Waals surface area contributed by atoms with Gasteiger partial charge in [-0.25, -0.2) is 8.78 Å². The summed E-state index contributed by atoms with van der Waals surface area (Å²) >= 11 is 0. The van der Waals surface area contributed by atoms with E-state index in [0.717, 1.165) is 12.1 Å². The third-order valence-electron chi connectivity index (χ3n) is 2.20. The van der Waals surface area contributed by atoms with Crippen molar-refractivity contribution in [1.29, 1.82) is 0 Å². The molecular weight excluding hydrogens is 227 g/mol. The number of benzene rings is 1. The van der Waals surface area contributed by atoms with Crippen molar-refractivity contribution in [3.63, 3.8) is 0 Å². The first-order valence-corrected chi connectivity index (χ1v) is 4.83. The molecule has 0 unspecified atom stereocenters. The molecule has 0 N–H and O–H groups in total. The molecule has 0 aromatic heterocycles.